The van der Waals surface area contributed by atoms with Gasteiger partial charge in [0.05, 0.1) is 6.54 Å². The first-order valence-corrected chi connectivity index (χ1v) is 8.50. The summed E-state index contributed by atoms with van der Waals surface area (Å²) in [5.74, 6) is 0.197. The number of amides is 1. The quantitative estimate of drug-likeness (QED) is 0.885. The highest BCUT2D eigenvalue weighted by Gasteiger charge is 2.35. The Morgan fingerprint density at radius 3 is 2.42 bits per heavy atom. The highest BCUT2D eigenvalue weighted by Crippen LogP contribution is 2.28. The van der Waals surface area contributed by atoms with E-state index in [-0.39, 0.29) is 29.3 Å². The molecule has 1 aromatic rings. The number of carbonyl (C=O) groups is 1. The minimum atomic E-state index is -0.191. The molecule has 2 rings (SSSR count). The molecule has 0 aliphatic carbocycles. The zero-order valence-corrected chi connectivity index (χ0v) is 16.2. The monoisotopic (exact) mass is 353 g/mol. The van der Waals surface area contributed by atoms with Gasteiger partial charge >= 0.3 is 0 Å². The minimum absolute atomic E-state index is 0. The van der Waals surface area contributed by atoms with Gasteiger partial charge < -0.3 is 10.6 Å². The fourth-order valence-electron chi connectivity index (χ4n) is 3.17. The maximum Gasteiger partial charge on any atom is 0.237 e. The Labute approximate surface area is 152 Å². The number of nitrogens with zero attached hydrogens (tertiary/aromatic N) is 2. The SMILES string of the molecule is CC1(CN)CCN(CC(=O)N(Cc2ccccc2)C(C)(C)C)C1.Cl. The summed E-state index contributed by atoms with van der Waals surface area (Å²) in [6, 6.07) is 10.2. The van der Waals surface area contributed by atoms with Crippen LogP contribution in [0.1, 0.15) is 39.7 Å². The molecule has 1 aliphatic heterocycles. The van der Waals surface area contributed by atoms with Gasteiger partial charge in [-0.3, -0.25) is 9.69 Å². The molecular formula is C19H32ClN3O. The molecule has 5 heteroatoms. The zero-order valence-electron chi connectivity index (χ0n) is 15.4. The summed E-state index contributed by atoms with van der Waals surface area (Å²) in [5, 5.41) is 0. The molecular weight excluding hydrogens is 322 g/mol. The van der Waals surface area contributed by atoms with Crippen molar-refractivity contribution in [2.24, 2.45) is 11.1 Å². The first-order chi connectivity index (χ1) is 10.7. The lowest BCUT2D eigenvalue weighted by Gasteiger charge is -2.37. The van der Waals surface area contributed by atoms with Gasteiger partial charge in [0.2, 0.25) is 5.91 Å². The van der Waals surface area contributed by atoms with E-state index >= 15 is 0 Å². The topological polar surface area (TPSA) is 49.6 Å². The number of benzene rings is 1. The normalized spacial score (nSPS) is 21.4. The van der Waals surface area contributed by atoms with Gasteiger partial charge in [-0.25, -0.2) is 0 Å². The van der Waals surface area contributed by atoms with Crippen molar-refractivity contribution < 1.29 is 4.79 Å². The number of hydrogen-bond acceptors (Lipinski definition) is 3. The molecule has 136 valence electrons. The number of rotatable bonds is 5. The van der Waals surface area contributed by atoms with Crippen LogP contribution in [-0.2, 0) is 11.3 Å². The Morgan fingerprint density at radius 2 is 1.92 bits per heavy atom. The van der Waals surface area contributed by atoms with Gasteiger partial charge in [0, 0.05) is 18.6 Å². The predicted octanol–water partition coefficient (Wildman–Crippen LogP) is 2.91. The second-order valence-corrected chi connectivity index (χ2v) is 8.11. The van der Waals surface area contributed by atoms with Gasteiger partial charge in [-0.1, -0.05) is 37.3 Å². The maximum absolute atomic E-state index is 12.9. The highest BCUT2D eigenvalue weighted by atomic mass is 35.5. The molecule has 1 atom stereocenters. The first kappa shape index (κ1) is 20.9. The summed E-state index contributed by atoms with van der Waals surface area (Å²) >= 11 is 0. The maximum atomic E-state index is 12.9. The van der Waals surface area contributed by atoms with E-state index in [0.29, 0.717) is 19.6 Å². The van der Waals surface area contributed by atoms with Crippen LogP contribution in [0.3, 0.4) is 0 Å². The lowest BCUT2D eigenvalue weighted by molar-refractivity contribution is -0.137. The summed E-state index contributed by atoms with van der Waals surface area (Å²) in [5.41, 5.74) is 7.01. The highest BCUT2D eigenvalue weighted by molar-refractivity contribution is 5.85. The van der Waals surface area contributed by atoms with Crippen molar-refractivity contribution >= 4 is 18.3 Å². The third kappa shape index (κ3) is 5.47. The summed E-state index contributed by atoms with van der Waals surface area (Å²) in [4.78, 5) is 17.1. The Hall–Kier alpha value is -1.10. The third-order valence-electron chi connectivity index (χ3n) is 4.78. The third-order valence-corrected chi connectivity index (χ3v) is 4.78. The Morgan fingerprint density at radius 1 is 1.29 bits per heavy atom. The lowest BCUT2D eigenvalue weighted by Crippen LogP contribution is -2.49. The van der Waals surface area contributed by atoms with E-state index in [2.05, 4.69) is 44.7 Å². The Bertz CT molecular complexity index is 529. The number of nitrogens with two attached hydrogens (primary N) is 1. The van der Waals surface area contributed by atoms with Crippen LogP contribution >= 0.6 is 12.4 Å². The fraction of sp³-hybridized carbons (Fsp3) is 0.632. The van der Waals surface area contributed by atoms with Crippen LogP contribution in [0.25, 0.3) is 0 Å². The molecule has 0 bridgehead atoms. The molecule has 1 amide bonds. The van der Waals surface area contributed by atoms with Crippen LogP contribution in [0.2, 0.25) is 0 Å². The fourth-order valence-corrected chi connectivity index (χ4v) is 3.17. The van der Waals surface area contributed by atoms with E-state index < -0.39 is 0 Å². The lowest BCUT2D eigenvalue weighted by atomic mass is 9.90. The molecule has 1 fully saturated rings. The average Bonchev–Trinajstić information content (AvgIpc) is 2.86. The van der Waals surface area contributed by atoms with E-state index in [1.807, 2.05) is 23.1 Å². The van der Waals surface area contributed by atoms with Crippen molar-refractivity contribution in [1.29, 1.82) is 0 Å². The van der Waals surface area contributed by atoms with Gasteiger partial charge in [0.1, 0.15) is 0 Å². The van der Waals surface area contributed by atoms with E-state index in [1.54, 1.807) is 0 Å². The molecule has 0 aromatic heterocycles. The summed E-state index contributed by atoms with van der Waals surface area (Å²) in [6.45, 7) is 12.2. The van der Waals surface area contributed by atoms with Crippen LogP contribution in [0.15, 0.2) is 30.3 Å². The van der Waals surface area contributed by atoms with Gasteiger partial charge in [-0.15, -0.1) is 12.4 Å². The predicted molar refractivity (Wildman–Crippen MR) is 102 cm³/mol. The number of halogens is 1. The minimum Gasteiger partial charge on any atom is -0.332 e. The van der Waals surface area contributed by atoms with E-state index in [1.165, 1.54) is 5.56 Å². The molecule has 1 heterocycles. The van der Waals surface area contributed by atoms with E-state index in [9.17, 15) is 4.79 Å². The molecule has 0 radical (unpaired) electrons. The second-order valence-electron chi connectivity index (χ2n) is 8.11. The molecule has 4 nitrogen and oxygen atoms in total. The Kier molecular flexibility index (Phi) is 7.26. The molecule has 24 heavy (non-hydrogen) atoms. The number of carbonyl (C=O) groups excluding carboxylic acids is 1. The molecule has 2 N–H and O–H groups in total. The smallest absolute Gasteiger partial charge is 0.237 e. The Balaban J connectivity index is 0.00000288. The van der Waals surface area contributed by atoms with E-state index in [0.717, 1.165) is 19.5 Å². The van der Waals surface area contributed by atoms with Gasteiger partial charge in [-0.2, -0.15) is 0 Å². The van der Waals surface area contributed by atoms with Crippen LogP contribution in [0, 0.1) is 5.41 Å². The standard InChI is InChI=1S/C19H31N3O.ClH/c1-18(2,3)22(12-16-8-6-5-7-9-16)17(23)13-21-11-10-19(4,14-20)15-21;/h5-9H,10-15,20H2,1-4H3;1H. The number of likely N-dealkylation sites (tertiary alicyclic amines) is 1. The van der Waals surface area contributed by atoms with Crippen molar-refractivity contribution in [2.45, 2.75) is 46.2 Å². The molecule has 1 aliphatic rings. The van der Waals surface area contributed by atoms with Crippen molar-refractivity contribution in [2.75, 3.05) is 26.2 Å². The summed E-state index contributed by atoms with van der Waals surface area (Å²) < 4.78 is 0. The van der Waals surface area contributed by atoms with Crippen LogP contribution in [-0.4, -0.2) is 47.4 Å². The van der Waals surface area contributed by atoms with Gasteiger partial charge in [0.15, 0.2) is 0 Å². The van der Waals surface area contributed by atoms with Crippen molar-refractivity contribution in [1.82, 2.24) is 9.80 Å². The van der Waals surface area contributed by atoms with Crippen molar-refractivity contribution in [3.8, 4) is 0 Å². The van der Waals surface area contributed by atoms with Crippen LogP contribution in [0.5, 0.6) is 0 Å². The molecule has 1 saturated heterocycles. The van der Waals surface area contributed by atoms with Crippen molar-refractivity contribution in [3.63, 3.8) is 0 Å². The summed E-state index contributed by atoms with van der Waals surface area (Å²) in [7, 11) is 0. The largest absolute Gasteiger partial charge is 0.332 e. The van der Waals surface area contributed by atoms with Crippen LogP contribution < -0.4 is 5.73 Å². The number of hydrogen-bond donors (Lipinski definition) is 1. The van der Waals surface area contributed by atoms with Crippen molar-refractivity contribution in [3.05, 3.63) is 35.9 Å². The van der Waals surface area contributed by atoms with Gasteiger partial charge in [-0.05, 0) is 51.3 Å². The molecule has 0 spiro atoms. The molecule has 1 unspecified atom stereocenters. The summed E-state index contributed by atoms with van der Waals surface area (Å²) in [6.07, 6.45) is 1.07. The van der Waals surface area contributed by atoms with E-state index in [4.69, 9.17) is 5.73 Å². The second kappa shape index (κ2) is 8.32. The molecule has 1 aromatic carbocycles. The first-order valence-electron chi connectivity index (χ1n) is 8.50. The molecule has 0 saturated carbocycles. The average molecular weight is 354 g/mol. The van der Waals surface area contributed by atoms with Gasteiger partial charge in [0.25, 0.3) is 0 Å². The zero-order chi connectivity index (χ0) is 17.1. The van der Waals surface area contributed by atoms with Crippen LogP contribution in [0.4, 0.5) is 0 Å².